The Balaban J connectivity index is 3.89. The second kappa shape index (κ2) is 9.70. The Morgan fingerprint density at radius 3 is 1.95 bits per heavy atom. The van der Waals surface area contributed by atoms with E-state index >= 15 is 0 Å². The number of hydrogen-bond donors (Lipinski definition) is 0. The predicted octanol–water partition coefficient (Wildman–Crippen LogP) is -1.16. The summed E-state index contributed by atoms with van der Waals surface area (Å²) in [5.41, 5.74) is 0. The summed E-state index contributed by atoms with van der Waals surface area (Å²) in [4.78, 5) is 1.89. The number of hydrogen-bond acceptors (Lipinski definition) is 7. The maximum atomic E-state index is 11.8. The molecule has 0 aromatic rings. The first-order chi connectivity index (χ1) is 9.54. The van der Waals surface area contributed by atoms with E-state index in [4.69, 9.17) is 9.47 Å². The van der Waals surface area contributed by atoms with E-state index in [0.717, 1.165) is 10.6 Å². The maximum Gasteiger partial charge on any atom is 0.238 e. The summed E-state index contributed by atoms with van der Waals surface area (Å²) in [6.45, 7) is 1.34. The molecule has 0 aliphatic rings. The normalized spacial score (nSPS) is 13.2. The summed E-state index contributed by atoms with van der Waals surface area (Å²) in [7, 11) is -1.35. The number of sulfonamides is 1. The molecule has 0 rings (SSSR count). The number of ether oxygens (including phenoxy) is 2. The standard InChI is InChI=1S/C11H26N2O6S2/c1-12(2)5-7-19-11-21(16,17)13(3)6-8-18-9-10-20(4,14)15/h5-11H2,1-4H3. The third-order valence-corrected chi connectivity index (χ3v) is 5.04. The third kappa shape index (κ3) is 12.0. The van der Waals surface area contributed by atoms with Crippen LogP contribution in [0.25, 0.3) is 0 Å². The Morgan fingerprint density at radius 1 is 0.857 bits per heavy atom. The molecule has 10 heteroatoms. The van der Waals surface area contributed by atoms with E-state index in [2.05, 4.69) is 0 Å². The molecule has 0 atom stereocenters. The van der Waals surface area contributed by atoms with Gasteiger partial charge >= 0.3 is 0 Å². The number of likely N-dealkylation sites (N-methyl/N-ethyl adjacent to an activating group) is 2. The lowest BCUT2D eigenvalue weighted by Crippen LogP contribution is -2.34. The van der Waals surface area contributed by atoms with E-state index in [1.54, 1.807) is 0 Å². The first-order valence-corrected chi connectivity index (χ1v) is 10.1. The highest BCUT2D eigenvalue weighted by molar-refractivity contribution is 7.90. The molecule has 0 aromatic heterocycles. The van der Waals surface area contributed by atoms with Gasteiger partial charge in [0.25, 0.3) is 0 Å². The quantitative estimate of drug-likeness (QED) is 0.412. The van der Waals surface area contributed by atoms with Crippen LogP contribution < -0.4 is 0 Å². The molecule has 0 N–H and O–H groups in total. The molecule has 0 amide bonds. The largest absolute Gasteiger partial charge is 0.379 e. The van der Waals surface area contributed by atoms with E-state index in [9.17, 15) is 16.8 Å². The van der Waals surface area contributed by atoms with Gasteiger partial charge in [0, 0.05) is 26.4 Å². The van der Waals surface area contributed by atoms with Crippen LogP contribution in [-0.2, 0) is 29.3 Å². The molecule has 0 bridgehead atoms. The average molecular weight is 346 g/mol. The second-order valence-corrected chi connectivity index (χ2v) is 9.29. The Morgan fingerprint density at radius 2 is 1.43 bits per heavy atom. The minimum absolute atomic E-state index is 0.0616. The van der Waals surface area contributed by atoms with Crippen molar-refractivity contribution in [3.05, 3.63) is 0 Å². The zero-order chi connectivity index (χ0) is 16.5. The maximum absolute atomic E-state index is 11.8. The summed E-state index contributed by atoms with van der Waals surface area (Å²) in [5, 5.41) is 0. The molecular weight excluding hydrogens is 320 g/mol. The van der Waals surface area contributed by atoms with Crippen LogP contribution in [0, 0.1) is 0 Å². The molecule has 0 heterocycles. The van der Waals surface area contributed by atoms with Crippen LogP contribution in [0.2, 0.25) is 0 Å². The van der Waals surface area contributed by atoms with Gasteiger partial charge in [-0.3, -0.25) is 0 Å². The lowest BCUT2D eigenvalue weighted by molar-refractivity contribution is 0.134. The summed E-state index contributed by atoms with van der Waals surface area (Å²) in [6.07, 6.45) is 1.12. The zero-order valence-corrected chi connectivity index (χ0v) is 14.7. The highest BCUT2D eigenvalue weighted by atomic mass is 32.2. The van der Waals surface area contributed by atoms with E-state index < -0.39 is 19.9 Å². The van der Waals surface area contributed by atoms with Crippen molar-refractivity contribution in [2.24, 2.45) is 0 Å². The molecule has 0 saturated heterocycles. The van der Waals surface area contributed by atoms with Crippen molar-refractivity contribution in [2.45, 2.75) is 0 Å². The Hall–Kier alpha value is -0.260. The fraction of sp³-hybridized carbons (Fsp3) is 1.00. The van der Waals surface area contributed by atoms with Crippen LogP contribution >= 0.6 is 0 Å². The summed E-state index contributed by atoms with van der Waals surface area (Å²) in [5.74, 6) is -0.447. The summed E-state index contributed by atoms with van der Waals surface area (Å²) in [6, 6.07) is 0. The smallest absolute Gasteiger partial charge is 0.238 e. The van der Waals surface area contributed by atoms with Crippen LogP contribution in [0.4, 0.5) is 0 Å². The van der Waals surface area contributed by atoms with Crippen molar-refractivity contribution in [3.63, 3.8) is 0 Å². The van der Waals surface area contributed by atoms with Crippen LogP contribution in [-0.4, -0.2) is 98.0 Å². The molecule has 0 aliphatic heterocycles. The van der Waals surface area contributed by atoms with Crippen LogP contribution in [0.1, 0.15) is 0 Å². The topological polar surface area (TPSA) is 93.2 Å². The fourth-order valence-electron chi connectivity index (χ4n) is 1.15. The SMILES string of the molecule is CN(C)CCOCS(=O)(=O)N(C)CCOCCS(C)(=O)=O. The van der Waals surface area contributed by atoms with Gasteiger partial charge in [0.05, 0.1) is 25.6 Å². The molecule has 8 nitrogen and oxygen atoms in total. The lowest BCUT2D eigenvalue weighted by atomic mass is 10.6. The van der Waals surface area contributed by atoms with Crippen molar-refractivity contribution in [1.29, 1.82) is 0 Å². The number of nitrogens with zero attached hydrogens (tertiary/aromatic N) is 2. The van der Waals surface area contributed by atoms with Gasteiger partial charge in [-0.15, -0.1) is 0 Å². The minimum atomic E-state index is -3.48. The highest BCUT2D eigenvalue weighted by Gasteiger charge is 2.17. The first-order valence-electron chi connectivity index (χ1n) is 6.46. The number of rotatable bonds is 12. The van der Waals surface area contributed by atoms with Gasteiger partial charge in [-0.05, 0) is 14.1 Å². The van der Waals surface area contributed by atoms with E-state index in [-0.39, 0.29) is 31.5 Å². The average Bonchev–Trinajstić information content (AvgIpc) is 2.32. The van der Waals surface area contributed by atoms with Gasteiger partial charge in [-0.1, -0.05) is 0 Å². The molecule has 0 unspecified atom stereocenters. The second-order valence-electron chi connectivity index (χ2n) is 5.01. The molecule has 0 fully saturated rings. The van der Waals surface area contributed by atoms with Gasteiger partial charge in [-0.25, -0.2) is 21.1 Å². The summed E-state index contributed by atoms with van der Waals surface area (Å²) >= 11 is 0. The van der Waals surface area contributed by atoms with Crippen molar-refractivity contribution < 1.29 is 26.3 Å². The van der Waals surface area contributed by atoms with E-state index in [0.29, 0.717) is 13.2 Å². The Kier molecular flexibility index (Phi) is 9.58. The minimum Gasteiger partial charge on any atom is -0.379 e. The van der Waals surface area contributed by atoms with Gasteiger partial charge in [0.1, 0.15) is 9.84 Å². The molecule has 0 aliphatic carbocycles. The van der Waals surface area contributed by atoms with Crippen molar-refractivity contribution in [2.75, 3.05) is 72.0 Å². The number of sulfone groups is 1. The van der Waals surface area contributed by atoms with Crippen molar-refractivity contribution >= 4 is 19.9 Å². The highest BCUT2D eigenvalue weighted by Crippen LogP contribution is 1.99. The molecule has 128 valence electrons. The third-order valence-electron chi connectivity index (χ3n) is 2.54. The van der Waals surface area contributed by atoms with Crippen LogP contribution in [0.15, 0.2) is 0 Å². The van der Waals surface area contributed by atoms with Gasteiger partial charge in [0.2, 0.25) is 10.0 Å². The Labute approximate surface area is 128 Å². The lowest BCUT2D eigenvalue weighted by Gasteiger charge is -2.17. The molecule has 0 radical (unpaired) electrons. The summed E-state index contributed by atoms with van der Waals surface area (Å²) < 4.78 is 56.8. The zero-order valence-electron chi connectivity index (χ0n) is 13.1. The van der Waals surface area contributed by atoms with E-state index in [1.165, 1.54) is 7.05 Å². The van der Waals surface area contributed by atoms with Gasteiger partial charge < -0.3 is 14.4 Å². The van der Waals surface area contributed by atoms with Crippen molar-refractivity contribution in [3.8, 4) is 0 Å². The van der Waals surface area contributed by atoms with Crippen molar-refractivity contribution in [1.82, 2.24) is 9.21 Å². The Bertz CT molecular complexity index is 475. The van der Waals surface area contributed by atoms with Crippen LogP contribution in [0.5, 0.6) is 0 Å². The van der Waals surface area contributed by atoms with E-state index in [1.807, 2.05) is 19.0 Å². The molecule has 21 heavy (non-hydrogen) atoms. The molecule has 0 saturated carbocycles. The van der Waals surface area contributed by atoms with Gasteiger partial charge in [-0.2, -0.15) is 0 Å². The molecule has 0 aromatic carbocycles. The molecular formula is C11H26N2O6S2. The predicted molar refractivity (Wildman–Crippen MR) is 81.5 cm³/mol. The molecule has 0 spiro atoms. The first kappa shape index (κ1) is 20.7. The van der Waals surface area contributed by atoms with Crippen LogP contribution in [0.3, 0.4) is 0 Å². The van der Waals surface area contributed by atoms with Gasteiger partial charge in [0.15, 0.2) is 5.94 Å². The monoisotopic (exact) mass is 346 g/mol. The fourth-order valence-corrected chi connectivity index (χ4v) is 2.43.